The quantitative estimate of drug-likeness (QED) is 0.644. The molecule has 2 heterocycles. The van der Waals surface area contributed by atoms with Crippen molar-refractivity contribution >= 4 is 11.0 Å². The van der Waals surface area contributed by atoms with Gasteiger partial charge in [0.25, 0.3) is 0 Å². The molecule has 0 amide bonds. The van der Waals surface area contributed by atoms with Crippen LogP contribution in [0.4, 0.5) is 0 Å². The number of aliphatic hydroxyl groups excluding tert-OH is 2. The van der Waals surface area contributed by atoms with Gasteiger partial charge < -0.3 is 24.5 Å². The van der Waals surface area contributed by atoms with Crippen LogP contribution in [-0.2, 0) is 12.8 Å². The van der Waals surface area contributed by atoms with Gasteiger partial charge in [0, 0.05) is 30.5 Å². The maximum Gasteiger partial charge on any atom is 0.196 e. The molecule has 3 aromatic rings. The summed E-state index contributed by atoms with van der Waals surface area (Å²) in [5.41, 5.74) is 0.132. The highest BCUT2D eigenvalue weighted by Gasteiger charge is 2.38. The van der Waals surface area contributed by atoms with E-state index in [4.69, 9.17) is 9.15 Å². The van der Waals surface area contributed by atoms with Crippen LogP contribution in [0.25, 0.3) is 11.0 Å². The summed E-state index contributed by atoms with van der Waals surface area (Å²) in [6.45, 7) is 3.50. The lowest BCUT2D eigenvalue weighted by Gasteiger charge is -2.37. The maximum absolute atomic E-state index is 12.6. The summed E-state index contributed by atoms with van der Waals surface area (Å²) in [4.78, 5) is 12.6. The van der Waals surface area contributed by atoms with Crippen LogP contribution in [0.5, 0.6) is 11.5 Å². The number of phenolic OH excluding ortho intramolecular Hbond substituents is 1. The van der Waals surface area contributed by atoms with Crippen molar-refractivity contribution in [3.8, 4) is 11.5 Å². The molecule has 0 saturated carbocycles. The Hall–Kier alpha value is -2.83. The smallest absolute Gasteiger partial charge is 0.196 e. The molecule has 0 fully saturated rings. The Bertz CT molecular complexity index is 1080. The van der Waals surface area contributed by atoms with Crippen LogP contribution in [0.2, 0.25) is 0 Å². The molecular weight excluding hydrogens is 360 g/mol. The van der Waals surface area contributed by atoms with Crippen molar-refractivity contribution in [2.24, 2.45) is 0 Å². The zero-order valence-electron chi connectivity index (χ0n) is 15.7. The summed E-state index contributed by atoms with van der Waals surface area (Å²) in [7, 11) is 0. The van der Waals surface area contributed by atoms with Gasteiger partial charge in [0.1, 0.15) is 39.9 Å². The Balaban J connectivity index is 1.79. The first kappa shape index (κ1) is 18.5. The highest BCUT2D eigenvalue weighted by molar-refractivity contribution is 5.87. The van der Waals surface area contributed by atoms with Gasteiger partial charge in [-0.15, -0.1) is 0 Å². The summed E-state index contributed by atoms with van der Waals surface area (Å²) in [5.74, 6) is 0.230. The van der Waals surface area contributed by atoms with Gasteiger partial charge in [-0.05, 0) is 19.4 Å². The fraction of sp³-hybridized carbons (Fsp3) is 0.318. The maximum atomic E-state index is 12.6. The second-order valence-electron chi connectivity index (χ2n) is 7.72. The molecule has 2 atom stereocenters. The van der Waals surface area contributed by atoms with Gasteiger partial charge in [-0.3, -0.25) is 4.79 Å². The molecule has 0 radical (unpaired) electrons. The van der Waals surface area contributed by atoms with Crippen LogP contribution < -0.4 is 10.2 Å². The number of benzene rings is 2. The average molecular weight is 382 g/mol. The normalized spacial score (nSPS) is 19.1. The van der Waals surface area contributed by atoms with Crippen LogP contribution in [0, 0.1) is 0 Å². The Morgan fingerprint density at radius 1 is 1.21 bits per heavy atom. The van der Waals surface area contributed by atoms with Gasteiger partial charge in [0.05, 0.1) is 6.10 Å². The minimum atomic E-state index is -1.00. The van der Waals surface area contributed by atoms with Crippen molar-refractivity contribution in [3.63, 3.8) is 0 Å². The van der Waals surface area contributed by atoms with E-state index in [1.54, 1.807) is 13.8 Å². The molecular formula is C22H22O6. The van der Waals surface area contributed by atoms with Crippen molar-refractivity contribution in [3.05, 3.63) is 69.6 Å². The lowest BCUT2D eigenvalue weighted by Crippen LogP contribution is -2.46. The number of aromatic hydroxyl groups is 1. The number of ether oxygens (including phenoxy) is 1. The Kier molecular flexibility index (Phi) is 4.40. The molecule has 2 aromatic carbocycles. The van der Waals surface area contributed by atoms with Crippen LogP contribution in [0.1, 0.15) is 36.8 Å². The number of fused-ring (bicyclic) bond motifs is 2. The van der Waals surface area contributed by atoms with Gasteiger partial charge in [0.2, 0.25) is 0 Å². The minimum Gasteiger partial charge on any atom is -0.507 e. The molecule has 1 aromatic heterocycles. The number of aliphatic hydroxyl groups is 2. The molecule has 4 rings (SSSR count). The number of rotatable bonds is 3. The molecule has 146 valence electrons. The van der Waals surface area contributed by atoms with Crippen molar-refractivity contribution in [2.45, 2.75) is 44.5 Å². The second kappa shape index (κ2) is 6.65. The Morgan fingerprint density at radius 2 is 1.93 bits per heavy atom. The van der Waals surface area contributed by atoms with Crippen LogP contribution in [0.15, 0.2) is 51.7 Å². The first-order valence-corrected chi connectivity index (χ1v) is 9.18. The highest BCUT2D eigenvalue weighted by Crippen LogP contribution is 2.42. The SMILES string of the molecule is CC1(C)Oc2cc3oc(C(O)Cc4ccccc4)cc(=O)c3c(O)c2CC1O. The largest absolute Gasteiger partial charge is 0.507 e. The summed E-state index contributed by atoms with van der Waals surface area (Å²) in [5, 5.41) is 31.4. The summed E-state index contributed by atoms with van der Waals surface area (Å²) < 4.78 is 11.6. The van der Waals surface area contributed by atoms with Gasteiger partial charge in [-0.1, -0.05) is 30.3 Å². The number of phenols is 1. The van der Waals surface area contributed by atoms with E-state index in [-0.39, 0.29) is 28.9 Å². The van der Waals surface area contributed by atoms with Crippen LogP contribution in [-0.4, -0.2) is 27.0 Å². The van der Waals surface area contributed by atoms with Crippen molar-refractivity contribution < 1.29 is 24.5 Å². The lowest BCUT2D eigenvalue weighted by molar-refractivity contribution is -0.0415. The van der Waals surface area contributed by atoms with Crippen LogP contribution >= 0.6 is 0 Å². The van der Waals surface area contributed by atoms with Gasteiger partial charge >= 0.3 is 0 Å². The van der Waals surface area contributed by atoms with Crippen molar-refractivity contribution in [2.75, 3.05) is 0 Å². The predicted octanol–water partition coefficient (Wildman–Crippen LogP) is 2.85. The molecule has 0 spiro atoms. The van der Waals surface area contributed by atoms with E-state index in [2.05, 4.69) is 0 Å². The van der Waals surface area contributed by atoms with Crippen LogP contribution in [0.3, 0.4) is 0 Å². The summed E-state index contributed by atoms with van der Waals surface area (Å²) in [6.07, 6.45) is -1.36. The second-order valence-corrected chi connectivity index (χ2v) is 7.72. The zero-order valence-corrected chi connectivity index (χ0v) is 15.7. The third-order valence-corrected chi connectivity index (χ3v) is 5.25. The number of hydrogen-bond donors (Lipinski definition) is 3. The molecule has 0 bridgehead atoms. The third-order valence-electron chi connectivity index (χ3n) is 5.25. The van der Waals surface area contributed by atoms with E-state index in [1.807, 2.05) is 30.3 Å². The lowest BCUT2D eigenvalue weighted by atomic mass is 9.90. The summed E-state index contributed by atoms with van der Waals surface area (Å²) >= 11 is 0. The molecule has 28 heavy (non-hydrogen) atoms. The Labute approximate surface area is 161 Å². The zero-order chi connectivity index (χ0) is 20.1. The molecule has 6 heteroatoms. The topological polar surface area (TPSA) is 100 Å². The minimum absolute atomic E-state index is 0.0184. The van der Waals surface area contributed by atoms with E-state index in [0.29, 0.717) is 17.7 Å². The average Bonchev–Trinajstić information content (AvgIpc) is 2.63. The van der Waals surface area contributed by atoms with E-state index in [0.717, 1.165) is 5.56 Å². The molecule has 2 unspecified atom stereocenters. The summed E-state index contributed by atoms with van der Waals surface area (Å²) in [6, 6.07) is 12.1. The first-order chi connectivity index (χ1) is 13.3. The van der Waals surface area contributed by atoms with Crippen molar-refractivity contribution in [1.82, 2.24) is 0 Å². The molecule has 6 nitrogen and oxygen atoms in total. The first-order valence-electron chi connectivity index (χ1n) is 9.18. The van der Waals surface area contributed by atoms with E-state index in [9.17, 15) is 20.1 Å². The third kappa shape index (κ3) is 3.15. The van der Waals surface area contributed by atoms with Crippen molar-refractivity contribution in [1.29, 1.82) is 0 Å². The Morgan fingerprint density at radius 3 is 2.64 bits per heavy atom. The molecule has 1 aliphatic rings. The van der Waals surface area contributed by atoms with E-state index in [1.165, 1.54) is 12.1 Å². The number of hydrogen-bond acceptors (Lipinski definition) is 6. The van der Waals surface area contributed by atoms with Gasteiger partial charge in [-0.25, -0.2) is 0 Å². The fourth-order valence-corrected chi connectivity index (χ4v) is 3.52. The predicted molar refractivity (Wildman–Crippen MR) is 104 cm³/mol. The highest BCUT2D eigenvalue weighted by atomic mass is 16.5. The fourth-order valence-electron chi connectivity index (χ4n) is 3.52. The van der Waals surface area contributed by atoms with E-state index >= 15 is 0 Å². The van der Waals surface area contributed by atoms with Gasteiger partial charge in [-0.2, -0.15) is 0 Å². The van der Waals surface area contributed by atoms with Gasteiger partial charge in [0.15, 0.2) is 5.43 Å². The van der Waals surface area contributed by atoms with E-state index < -0.39 is 23.2 Å². The molecule has 1 aliphatic heterocycles. The molecule has 0 aliphatic carbocycles. The monoisotopic (exact) mass is 382 g/mol. The molecule has 3 N–H and O–H groups in total. The molecule has 0 saturated heterocycles. The standard InChI is InChI=1S/C22H22O6/c1-22(2)19(25)9-13-16(28-22)11-18-20(21(13)26)15(24)10-17(27-18)14(23)8-12-6-4-3-5-7-12/h3-7,10-11,14,19,23,25-26H,8-9H2,1-2H3.